The average molecular weight is 260 g/mol. The Kier molecular flexibility index (Phi) is 3.34. The number of thiophene rings is 1. The van der Waals surface area contributed by atoms with Crippen molar-refractivity contribution in [1.82, 2.24) is 4.31 Å². The molecule has 1 heterocycles. The fraction of sp³-hybridized carbons (Fsp3) is 0.600. The van der Waals surface area contributed by atoms with E-state index in [9.17, 15) is 8.42 Å². The molecule has 16 heavy (non-hydrogen) atoms. The molecule has 2 N–H and O–H groups in total. The Morgan fingerprint density at radius 3 is 2.75 bits per heavy atom. The van der Waals surface area contributed by atoms with Gasteiger partial charge in [-0.2, -0.15) is 4.31 Å². The Hall–Kier alpha value is -0.430. The first-order valence-corrected chi connectivity index (χ1v) is 7.61. The average Bonchev–Trinajstić information content (AvgIpc) is 2.93. The summed E-state index contributed by atoms with van der Waals surface area (Å²) in [6.07, 6.45) is 2.18. The smallest absolute Gasteiger partial charge is 0.252 e. The first kappa shape index (κ1) is 12.0. The zero-order valence-electron chi connectivity index (χ0n) is 9.17. The van der Waals surface area contributed by atoms with Gasteiger partial charge in [0, 0.05) is 19.6 Å². The lowest BCUT2D eigenvalue weighted by atomic mass is 10.2. The van der Waals surface area contributed by atoms with Crippen LogP contribution >= 0.6 is 11.3 Å². The number of likely N-dealkylation sites (N-methyl/N-ethyl adjacent to an activating group) is 1. The van der Waals surface area contributed by atoms with Crippen molar-refractivity contribution in [3.05, 3.63) is 17.5 Å². The summed E-state index contributed by atoms with van der Waals surface area (Å²) >= 11 is 1.25. The van der Waals surface area contributed by atoms with E-state index in [4.69, 9.17) is 5.73 Å². The minimum Gasteiger partial charge on any atom is -0.329 e. The zero-order valence-corrected chi connectivity index (χ0v) is 10.8. The van der Waals surface area contributed by atoms with Gasteiger partial charge in [-0.05, 0) is 30.2 Å². The van der Waals surface area contributed by atoms with Gasteiger partial charge in [0.25, 0.3) is 10.0 Å². The van der Waals surface area contributed by atoms with Crippen molar-refractivity contribution in [2.24, 2.45) is 11.7 Å². The Morgan fingerprint density at radius 2 is 2.31 bits per heavy atom. The van der Waals surface area contributed by atoms with Crippen LogP contribution in [0.25, 0.3) is 0 Å². The molecule has 1 unspecified atom stereocenters. The summed E-state index contributed by atoms with van der Waals surface area (Å²) in [5.41, 5.74) is 5.66. The van der Waals surface area contributed by atoms with Crippen molar-refractivity contribution < 1.29 is 8.42 Å². The number of rotatable bonds is 5. The number of nitrogens with two attached hydrogens (primary N) is 1. The molecule has 0 saturated heterocycles. The molecule has 0 radical (unpaired) electrons. The number of hydrogen-bond acceptors (Lipinski definition) is 4. The molecule has 4 nitrogen and oxygen atoms in total. The molecule has 0 bridgehead atoms. The maximum Gasteiger partial charge on any atom is 0.252 e. The minimum absolute atomic E-state index is 0.0490. The van der Waals surface area contributed by atoms with Crippen molar-refractivity contribution in [3.8, 4) is 0 Å². The monoisotopic (exact) mass is 260 g/mol. The third-order valence-electron chi connectivity index (χ3n) is 3.00. The predicted molar refractivity (Wildman–Crippen MR) is 64.8 cm³/mol. The van der Waals surface area contributed by atoms with Crippen LogP contribution < -0.4 is 5.73 Å². The minimum atomic E-state index is -3.34. The highest BCUT2D eigenvalue weighted by atomic mass is 32.2. The molecule has 0 spiro atoms. The van der Waals surface area contributed by atoms with Crippen LogP contribution in [0.3, 0.4) is 0 Å². The molecule has 6 heteroatoms. The summed E-state index contributed by atoms with van der Waals surface area (Å²) in [4.78, 5) is 0. The van der Waals surface area contributed by atoms with Gasteiger partial charge in [0.1, 0.15) is 4.21 Å². The topological polar surface area (TPSA) is 63.4 Å². The van der Waals surface area contributed by atoms with E-state index in [0.29, 0.717) is 16.7 Å². The molecular formula is C10H16N2O2S2. The van der Waals surface area contributed by atoms with E-state index in [1.807, 2.05) is 0 Å². The standard InChI is InChI=1S/C10H16N2O2S2/c1-12(9(7-11)8-4-5-8)16(13,14)10-3-2-6-15-10/h2-3,6,8-9H,4-5,7,11H2,1H3. The fourth-order valence-corrected chi connectivity index (χ4v) is 4.45. The van der Waals surface area contributed by atoms with Gasteiger partial charge in [-0.15, -0.1) is 11.3 Å². The van der Waals surface area contributed by atoms with Crippen LogP contribution in [0.4, 0.5) is 0 Å². The van der Waals surface area contributed by atoms with Crippen LogP contribution in [0.1, 0.15) is 12.8 Å². The van der Waals surface area contributed by atoms with Crippen molar-refractivity contribution >= 4 is 21.4 Å². The van der Waals surface area contributed by atoms with Crippen molar-refractivity contribution in [2.45, 2.75) is 23.1 Å². The van der Waals surface area contributed by atoms with Gasteiger partial charge < -0.3 is 5.73 Å². The Morgan fingerprint density at radius 1 is 1.62 bits per heavy atom. The summed E-state index contributed by atoms with van der Waals surface area (Å²) in [5.74, 6) is 0.449. The molecule has 1 aromatic rings. The van der Waals surface area contributed by atoms with Crippen LogP contribution in [0.15, 0.2) is 21.7 Å². The lowest BCUT2D eigenvalue weighted by Crippen LogP contribution is -2.42. The lowest BCUT2D eigenvalue weighted by molar-refractivity contribution is 0.341. The summed E-state index contributed by atoms with van der Waals surface area (Å²) in [7, 11) is -1.71. The van der Waals surface area contributed by atoms with Gasteiger partial charge in [-0.3, -0.25) is 0 Å². The highest BCUT2D eigenvalue weighted by Crippen LogP contribution is 2.36. The quantitative estimate of drug-likeness (QED) is 0.862. The third kappa shape index (κ3) is 2.15. The molecule has 0 aliphatic heterocycles. The lowest BCUT2D eigenvalue weighted by Gasteiger charge is -2.25. The summed E-state index contributed by atoms with van der Waals surface area (Å²) in [6, 6.07) is 3.34. The first-order valence-electron chi connectivity index (χ1n) is 5.29. The normalized spacial score (nSPS) is 18.9. The van der Waals surface area contributed by atoms with Crippen molar-refractivity contribution in [2.75, 3.05) is 13.6 Å². The van der Waals surface area contributed by atoms with Crippen LogP contribution in [0.2, 0.25) is 0 Å². The Bertz CT molecular complexity index is 437. The van der Waals surface area contributed by atoms with E-state index in [1.165, 1.54) is 15.6 Å². The highest BCUT2D eigenvalue weighted by molar-refractivity contribution is 7.91. The number of sulfonamides is 1. The molecule has 1 atom stereocenters. The van der Waals surface area contributed by atoms with Crippen molar-refractivity contribution in [1.29, 1.82) is 0 Å². The van der Waals surface area contributed by atoms with Gasteiger partial charge in [-0.1, -0.05) is 6.07 Å². The highest BCUT2D eigenvalue weighted by Gasteiger charge is 2.38. The van der Waals surface area contributed by atoms with Crippen LogP contribution in [-0.4, -0.2) is 32.4 Å². The molecule has 1 aliphatic carbocycles. The van der Waals surface area contributed by atoms with E-state index in [2.05, 4.69) is 0 Å². The molecule has 1 aliphatic rings. The molecular weight excluding hydrogens is 244 g/mol. The Labute approximate surface area is 100 Å². The van der Waals surface area contributed by atoms with Crippen LogP contribution in [-0.2, 0) is 10.0 Å². The maximum atomic E-state index is 12.2. The van der Waals surface area contributed by atoms with Gasteiger partial charge in [-0.25, -0.2) is 8.42 Å². The molecule has 1 saturated carbocycles. The second-order valence-electron chi connectivity index (χ2n) is 4.09. The van der Waals surface area contributed by atoms with E-state index >= 15 is 0 Å². The summed E-state index contributed by atoms with van der Waals surface area (Å²) in [6.45, 7) is 0.395. The second-order valence-corrected chi connectivity index (χ2v) is 7.27. The third-order valence-corrected chi connectivity index (χ3v) is 6.26. The van der Waals surface area contributed by atoms with Crippen LogP contribution in [0.5, 0.6) is 0 Å². The van der Waals surface area contributed by atoms with E-state index in [0.717, 1.165) is 12.8 Å². The SMILES string of the molecule is CN(C(CN)C1CC1)S(=O)(=O)c1cccs1. The van der Waals surface area contributed by atoms with Gasteiger partial charge >= 0.3 is 0 Å². The number of hydrogen-bond donors (Lipinski definition) is 1. The molecule has 1 fully saturated rings. The van der Waals surface area contributed by atoms with E-state index in [-0.39, 0.29) is 6.04 Å². The van der Waals surface area contributed by atoms with Crippen LogP contribution in [0, 0.1) is 5.92 Å². The number of nitrogens with zero attached hydrogens (tertiary/aromatic N) is 1. The fourth-order valence-electron chi connectivity index (χ4n) is 1.85. The van der Waals surface area contributed by atoms with Gasteiger partial charge in [0.05, 0.1) is 0 Å². The molecule has 90 valence electrons. The van der Waals surface area contributed by atoms with Crippen molar-refractivity contribution in [3.63, 3.8) is 0 Å². The van der Waals surface area contributed by atoms with E-state index < -0.39 is 10.0 Å². The van der Waals surface area contributed by atoms with Gasteiger partial charge in [0.2, 0.25) is 0 Å². The largest absolute Gasteiger partial charge is 0.329 e. The molecule has 0 amide bonds. The maximum absolute atomic E-state index is 12.2. The van der Waals surface area contributed by atoms with Gasteiger partial charge in [0.15, 0.2) is 0 Å². The second kappa shape index (κ2) is 4.44. The summed E-state index contributed by atoms with van der Waals surface area (Å²) < 4.78 is 26.3. The molecule has 1 aromatic heterocycles. The molecule has 0 aromatic carbocycles. The molecule has 2 rings (SSSR count). The van der Waals surface area contributed by atoms with E-state index in [1.54, 1.807) is 24.6 Å². The first-order chi connectivity index (χ1) is 7.57. The zero-order chi connectivity index (χ0) is 11.8. The predicted octanol–water partition coefficient (Wildman–Crippen LogP) is 1.11. The Balaban J connectivity index is 2.23. The summed E-state index contributed by atoms with van der Waals surface area (Å²) in [5, 5.41) is 1.77.